The number of esters is 1. The Bertz CT molecular complexity index is 1470. The van der Waals surface area contributed by atoms with Crippen LogP contribution in [0.4, 0.5) is 5.69 Å². The molecule has 0 aliphatic heterocycles. The first-order chi connectivity index (χ1) is 19.8. The van der Waals surface area contributed by atoms with Gasteiger partial charge in [0.25, 0.3) is 5.91 Å². The van der Waals surface area contributed by atoms with Crippen LogP contribution in [0.1, 0.15) is 56.7 Å². The Morgan fingerprint density at radius 3 is 2.28 bits per heavy atom. The van der Waals surface area contributed by atoms with Crippen LogP contribution in [-0.2, 0) is 36.8 Å². The van der Waals surface area contributed by atoms with Crippen molar-refractivity contribution in [2.45, 2.75) is 70.1 Å². The summed E-state index contributed by atoms with van der Waals surface area (Å²) in [6, 6.07) is 0.634. The van der Waals surface area contributed by atoms with Crippen LogP contribution in [0.15, 0.2) is 23.0 Å². The number of nitrogens with zero attached hydrogens (tertiary/aromatic N) is 2. The number of fused-ring (bicyclic) bond motifs is 3. The zero-order chi connectivity index (χ0) is 32.3. The summed E-state index contributed by atoms with van der Waals surface area (Å²) in [5, 5.41) is 45.8. The molecule has 0 aromatic heterocycles. The smallest absolute Gasteiger partial charge is 0.306 e. The molecule has 0 saturated heterocycles. The number of Topliss-reactive ketones (excluding diaryl/α,β-unsaturated/α-hetero) is 2. The van der Waals surface area contributed by atoms with Crippen molar-refractivity contribution in [1.29, 1.82) is 0 Å². The number of likely N-dealkylation sites (N-methyl/N-ethyl adjacent to an activating group) is 1. The maximum absolute atomic E-state index is 14.1. The van der Waals surface area contributed by atoms with Crippen molar-refractivity contribution in [2.24, 2.45) is 17.6 Å². The van der Waals surface area contributed by atoms with Crippen molar-refractivity contribution in [2.75, 3.05) is 33.1 Å². The quantitative estimate of drug-likeness (QED) is 0.226. The number of rotatable bonds is 7. The highest BCUT2D eigenvalue weighted by Gasteiger charge is 2.64. The van der Waals surface area contributed by atoms with Crippen LogP contribution in [0, 0.1) is 11.8 Å². The molecule has 12 heteroatoms. The second-order valence-corrected chi connectivity index (χ2v) is 13.1. The zero-order valence-electron chi connectivity index (χ0n) is 25.6. The van der Waals surface area contributed by atoms with Crippen LogP contribution in [0.25, 0.3) is 5.76 Å². The third-order valence-corrected chi connectivity index (χ3v) is 8.51. The number of carbonyl (C=O) groups is 4. The molecule has 43 heavy (non-hydrogen) atoms. The molecule has 12 nitrogen and oxygen atoms in total. The molecule has 6 N–H and O–H groups in total. The fourth-order valence-electron chi connectivity index (χ4n) is 6.75. The van der Waals surface area contributed by atoms with E-state index in [2.05, 4.69) is 0 Å². The average Bonchev–Trinajstić information content (AvgIpc) is 2.85. The number of nitrogens with two attached hydrogens (primary N) is 1. The van der Waals surface area contributed by atoms with Gasteiger partial charge in [-0.3, -0.25) is 24.1 Å². The number of hydrogen-bond donors (Lipinski definition) is 5. The maximum Gasteiger partial charge on any atom is 0.306 e. The Hall–Kier alpha value is -3.90. The van der Waals surface area contributed by atoms with E-state index in [-0.39, 0.29) is 48.5 Å². The molecular weight excluding hydrogens is 558 g/mol. The summed E-state index contributed by atoms with van der Waals surface area (Å²) in [4.78, 5) is 55.0. The van der Waals surface area contributed by atoms with Gasteiger partial charge in [0.2, 0.25) is 5.78 Å². The lowest BCUT2D eigenvalue weighted by atomic mass is 9.57. The first-order valence-electron chi connectivity index (χ1n) is 14.2. The number of amides is 1. The van der Waals surface area contributed by atoms with Gasteiger partial charge in [0.1, 0.15) is 28.4 Å². The van der Waals surface area contributed by atoms with Crippen molar-refractivity contribution in [3.63, 3.8) is 0 Å². The van der Waals surface area contributed by atoms with Crippen molar-refractivity contribution in [3.8, 4) is 5.75 Å². The number of aliphatic hydroxyl groups excluding tert-OH is 2. The number of phenols is 1. The Morgan fingerprint density at radius 2 is 1.74 bits per heavy atom. The minimum atomic E-state index is -2.70. The molecule has 4 atom stereocenters. The number of ether oxygens (including phenoxy) is 1. The summed E-state index contributed by atoms with van der Waals surface area (Å²) in [7, 11) is 6.71. The summed E-state index contributed by atoms with van der Waals surface area (Å²) in [5.41, 5.74) is 2.70. The Balaban J connectivity index is 1.83. The molecule has 1 aromatic rings. The van der Waals surface area contributed by atoms with E-state index in [1.54, 1.807) is 55.0 Å². The lowest BCUT2D eigenvalue weighted by molar-refractivity contribution is -0.155. The van der Waals surface area contributed by atoms with Gasteiger partial charge in [0, 0.05) is 37.7 Å². The number of aliphatic hydroxyl groups is 3. The van der Waals surface area contributed by atoms with E-state index in [0.717, 1.165) is 0 Å². The molecular formula is C31H41N3O9. The second-order valence-electron chi connectivity index (χ2n) is 13.1. The third-order valence-electron chi connectivity index (χ3n) is 8.51. The molecule has 234 valence electrons. The largest absolute Gasteiger partial charge is 0.508 e. The van der Waals surface area contributed by atoms with Gasteiger partial charge >= 0.3 is 5.97 Å². The molecule has 3 aliphatic rings. The predicted octanol–water partition coefficient (Wildman–Crippen LogP) is 1.69. The summed E-state index contributed by atoms with van der Waals surface area (Å²) in [5.74, 6) is -7.28. The number of aryl methyl sites for hydroxylation is 1. The Morgan fingerprint density at radius 1 is 1.12 bits per heavy atom. The lowest BCUT2D eigenvalue weighted by Crippen LogP contribution is -2.65. The van der Waals surface area contributed by atoms with E-state index in [1.165, 1.54) is 4.90 Å². The molecule has 1 aromatic carbocycles. The second kappa shape index (κ2) is 11.0. The normalized spacial score (nSPS) is 25.4. The zero-order valence-corrected chi connectivity index (χ0v) is 25.6. The third kappa shape index (κ3) is 5.27. The molecule has 0 heterocycles. The van der Waals surface area contributed by atoms with E-state index in [0.29, 0.717) is 23.2 Å². The van der Waals surface area contributed by atoms with Crippen LogP contribution in [0.3, 0.4) is 0 Å². The molecule has 4 rings (SSSR count). The van der Waals surface area contributed by atoms with Gasteiger partial charge in [-0.05, 0) is 83.7 Å². The van der Waals surface area contributed by atoms with E-state index in [4.69, 9.17) is 10.5 Å². The molecule has 0 radical (unpaired) electrons. The molecule has 1 fully saturated rings. The molecule has 0 spiro atoms. The van der Waals surface area contributed by atoms with Crippen molar-refractivity contribution in [1.82, 2.24) is 4.90 Å². The lowest BCUT2D eigenvalue weighted by Gasteiger charge is -2.50. The standard InChI is InChI=1S/C31H41N3O9/c1-30(2,3)43-19(35)10-8-9-14-13-18(33(4)5)16-11-15-12-17-23(34(6)7)26(38)22(29(32)41)28(40)31(17,42)27(39)20(15)25(37)21(16)24(14)36/h13,15,17,23,36-37,40,42H,8-12H2,1-7H3,(H2,32,41)/t15-,17-,23-,31-/m0/s1. The number of anilines is 1. The number of aromatic hydroxyl groups is 1. The number of hydrogen-bond acceptors (Lipinski definition) is 11. The molecule has 0 unspecified atom stereocenters. The summed E-state index contributed by atoms with van der Waals surface area (Å²) in [6.45, 7) is 5.32. The number of benzene rings is 1. The van der Waals surface area contributed by atoms with Gasteiger partial charge in [0.05, 0.1) is 11.6 Å². The topological polar surface area (TPSA) is 191 Å². The van der Waals surface area contributed by atoms with E-state index in [1.807, 2.05) is 4.90 Å². The summed E-state index contributed by atoms with van der Waals surface area (Å²) < 4.78 is 5.36. The maximum atomic E-state index is 14.1. The summed E-state index contributed by atoms with van der Waals surface area (Å²) in [6.07, 6.45) is 0.920. The van der Waals surface area contributed by atoms with Gasteiger partial charge in [-0.25, -0.2) is 0 Å². The number of primary amides is 1. The number of carbonyl (C=O) groups excluding carboxylic acids is 4. The van der Waals surface area contributed by atoms with E-state index in [9.17, 15) is 39.6 Å². The Kier molecular flexibility index (Phi) is 8.18. The predicted molar refractivity (Wildman–Crippen MR) is 157 cm³/mol. The highest BCUT2D eigenvalue weighted by atomic mass is 16.6. The van der Waals surface area contributed by atoms with Gasteiger partial charge in [-0.2, -0.15) is 0 Å². The SMILES string of the molecule is CN(C)c1cc(CCCC(=O)OC(C)(C)C)c(O)c2c1C[C@H]1C[C@H]3[C@H](N(C)C)C(=O)C(C(N)=O)=C(O)[C@@]3(O)C(=O)C1=C2O. The van der Waals surface area contributed by atoms with Gasteiger partial charge < -0.3 is 35.8 Å². The van der Waals surface area contributed by atoms with Crippen LogP contribution >= 0.6 is 0 Å². The first-order valence-corrected chi connectivity index (χ1v) is 14.2. The number of phenolic OH excluding ortho intramolecular Hbond substituents is 1. The van der Waals surface area contributed by atoms with Crippen LogP contribution in [-0.4, -0.2) is 94.2 Å². The minimum Gasteiger partial charge on any atom is -0.508 e. The van der Waals surface area contributed by atoms with E-state index < -0.39 is 63.6 Å². The van der Waals surface area contributed by atoms with Gasteiger partial charge in [0.15, 0.2) is 11.4 Å². The van der Waals surface area contributed by atoms with Crippen molar-refractivity contribution in [3.05, 3.63) is 39.7 Å². The molecule has 3 aliphatic carbocycles. The van der Waals surface area contributed by atoms with Crippen LogP contribution in [0.2, 0.25) is 0 Å². The van der Waals surface area contributed by atoms with Crippen molar-refractivity contribution < 1.29 is 44.3 Å². The summed E-state index contributed by atoms with van der Waals surface area (Å²) >= 11 is 0. The fourth-order valence-corrected chi connectivity index (χ4v) is 6.75. The van der Waals surface area contributed by atoms with E-state index >= 15 is 0 Å². The van der Waals surface area contributed by atoms with Crippen LogP contribution < -0.4 is 10.6 Å². The van der Waals surface area contributed by atoms with Crippen LogP contribution in [0.5, 0.6) is 5.75 Å². The molecule has 1 amide bonds. The fraction of sp³-hybridized carbons (Fsp3) is 0.548. The van der Waals surface area contributed by atoms with Gasteiger partial charge in [-0.15, -0.1) is 0 Å². The van der Waals surface area contributed by atoms with Crippen molar-refractivity contribution >= 4 is 34.9 Å². The average molecular weight is 600 g/mol. The highest BCUT2D eigenvalue weighted by Crippen LogP contribution is 2.54. The minimum absolute atomic E-state index is 0.0109. The van der Waals surface area contributed by atoms with Gasteiger partial charge in [-0.1, -0.05) is 0 Å². The Labute approximate surface area is 250 Å². The molecule has 0 bridgehead atoms. The first kappa shape index (κ1) is 32.0. The molecule has 1 saturated carbocycles. The highest BCUT2D eigenvalue weighted by molar-refractivity contribution is 6.24. The monoisotopic (exact) mass is 599 g/mol. The number of ketones is 2.